The van der Waals surface area contributed by atoms with E-state index in [1.807, 2.05) is 16.5 Å². The molecule has 6 heteroatoms. The molecule has 3 rings (SSSR count). The van der Waals surface area contributed by atoms with Gasteiger partial charge in [-0.2, -0.15) is 5.10 Å². The van der Waals surface area contributed by atoms with Crippen LogP contribution < -0.4 is 5.73 Å². The molecule has 0 spiro atoms. The zero-order chi connectivity index (χ0) is 15.1. The summed E-state index contributed by atoms with van der Waals surface area (Å²) in [6.07, 6.45) is 4.01. The molecule has 1 amide bonds. The van der Waals surface area contributed by atoms with Crippen LogP contribution in [0.25, 0.3) is 0 Å². The molecule has 0 aromatic carbocycles. The van der Waals surface area contributed by atoms with Crippen molar-refractivity contribution in [2.75, 3.05) is 13.1 Å². The number of hydrogen-bond acceptors (Lipinski definition) is 3. The number of aromatic nitrogens is 2. The average molecular weight is 327 g/mol. The first-order chi connectivity index (χ1) is 9.97. The summed E-state index contributed by atoms with van der Waals surface area (Å²) < 4.78 is 1.94. The van der Waals surface area contributed by atoms with E-state index < -0.39 is 0 Å². The van der Waals surface area contributed by atoms with E-state index in [1.54, 1.807) is 6.20 Å². The van der Waals surface area contributed by atoms with Crippen LogP contribution in [-0.4, -0.2) is 39.7 Å². The molecule has 5 nitrogen and oxygen atoms in total. The standard InChI is InChI=1S/C16H26N4O.ClH/c1-10(2)7-20-11(3)13(6-18-20)16(21)19-8-12-4-5-15(17)14(12)9-19;/h6,10,12,14-15H,4-5,7-9,17H2,1-3H3;1H. The van der Waals surface area contributed by atoms with E-state index in [2.05, 4.69) is 18.9 Å². The fourth-order valence-corrected chi connectivity index (χ4v) is 3.83. The lowest BCUT2D eigenvalue weighted by atomic mass is 9.98. The molecule has 2 aliphatic rings. The van der Waals surface area contributed by atoms with Crippen LogP contribution in [0.5, 0.6) is 0 Å². The molecule has 1 aliphatic heterocycles. The number of rotatable bonds is 3. The molecule has 1 saturated heterocycles. The molecule has 1 aromatic rings. The average Bonchev–Trinajstić information content (AvgIpc) is 3.08. The highest BCUT2D eigenvalue weighted by Gasteiger charge is 2.42. The Labute approximate surface area is 138 Å². The number of carbonyl (C=O) groups excluding carboxylic acids is 1. The molecule has 2 N–H and O–H groups in total. The zero-order valence-corrected chi connectivity index (χ0v) is 14.5. The maximum atomic E-state index is 12.7. The van der Waals surface area contributed by atoms with Gasteiger partial charge in [-0.3, -0.25) is 9.48 Å². The molecule has 2 heterocycles. The van der Waals surface area contributed by atoms with Gasteiger partial charge in [0.15, 0.2) is 0 Å². The van der Waals surface area contributed by atoms with Gasteiger partial charge in [0, 0.05) is 31.4 Å². The fourth-order valence-electron chi connectivity index (χ4n) is 3.83. The third-order valence-corrected chi connectivity index (χ3v) is 5.07. The number of hydrogen-bond donors (Lipinski definition) is 1. The number of nitrogens with two attached hydrogens (primary N) is 1. The van der Waals surface area contributed by atoms with Crippen molar-refractivity contribution in [3.63, 3.8) is 0 Å². The van der Waals surface area contributed by atoms with Crippen LogP contribution in [0, 0.1) is 24.7 Å². The van der Waals surface area contributed by atoms with Gasteiger partial charge in [0.2, 0.25) is 0 Å². The summed E-state index contributed by atoms with van der Waals surface area (Å²) in [6, 6.07) is 0.276. The number of nitrogens with zero attached hydrogens (tertiary/aromatic N) is 3. The minimum atomic E-state index is 0. The van der Waals surface area contributed by atoms with Crippen LogP contribution in [0.3, 0.4) is 0 Å². The SMILES string of the molecule is Cc1c(C(=O)N2CC3CCC(N)C3C2)cnn1CC(C)C.Cl. The minimum Gasteiger partial charge on any atom is -0.338 e. The van der Waals surface area contributed by atoms with E-state index in [9.17, 15) is 4.79 Å². The highest BCUT2D eigenvalue weighted by atomic mass is 35.5. The van der Waals surface area contributed by atoms with Crippen molar-refractivity contribution in [2.24, 2.45) is 23.5 Å². The third kappa shape index (κ3) is 3.01. The molecular formula is C16H27ClN4O. The highest BCUT2D eigenvalue weighted by molar-refractivity contribution is 5.95. The number of likely N-dealkylation sites (tertiary alicyclic amines) is 1. The van der Waals surface area contributed by atoms with Gasteiger partial charge in [-0.25, -0.2) is 0 Å². The first-order valence-corrected chi connectivity index (χ1v) is 8.04. The van der Waals surface area contributed by atoms with Crippen molar-refractivity contribution >= 4 is 18.3 Å². The molecule has 124 valence electrons. The van der Waals surface area contributed by atoms with Gasteiger partial charge in [-0.05, 0) is 37.5 Å². The molecular weight excluding hydrogens is 300 g/mol. The van der Waals surface area contributed by atoms with E-state index in [4.69, 9.17) is 5.73 Å². The van der Waals surface area contributed by atoms with Crippen LogP contribution in [-0.2, 0) is 6.54 Å². The third-order valence-electron chi connectivity index (χ3n) is 5.07. The summed E-state index contributed by atoms with van der Waals surface area (Å²) >= 11 is 0. The molecule has 2 fully saturated rings. The van der Waals surface area contributed by atoms with Crippen LogP contribution in [0.1, 0.15) is 42.7 Å². The van der Waals surface area contributed by atoms with Crippen molar-refractivity contribution in [1.82, 2.24) is 14.7 Å². The number of carbonyl (C=O) groups is 1. The van der Waals surface area contributed by atoms with E-state index in [0.29, 0.717) is 17.8 Å². The second-order valence-electron chi connectivity index (χ2n) is 7.09. The lowest BCUT2D eigenvalue weighted by Crippen LogP contribution is -2.33. The Balaban J connectivity index is 0.00000176. The number of amides is 1. The Morgan fingerprint density at radius 3 is 2.77 bits per heavy atom. The summed E-state index contributed by atoms with van der Waals surface area (Å²) in [5.74, 6) is 1.76. The summed E-state index contributed by atoms with van der Waals surface area (Å²) in [6.45, 7) is 8.85. The Bertz CT molecular complexity index is 542. The molecule has 22 heavy (non-hydrogen) atoms. The highest BCUT2D eigenvalue weighted by Crippen LogP contribution is 2.37. The van der Waals surface area contributed by atoms with Gasteiger partial charge < -0.3 is 10.6 Å². The van der Waals surface area contributed by atoms with Crippen LogP contribution in [0.4, 0.5) is 0 Å². The Hall–Kier alpha value is -1.07. The van der Waals surface area contributed by atoms with Crippen molar-refractivity contribution in [3.8, 4) is 0 Å². The molecule has 0 bridgehead atoms. The quantitative estimate of drug-likeness (QED) is 0.925. The van der Waals surface area contributed by atoms with Crippen molar-refractivity contribution in [2.45, 2.75) is 46.2 Å². The largest absolute Gasteiger partial charge is 0.338 e. The van der Waals surface area contributed by atoms with E-state index in [0.717, 1.165) is 37.3 Å². The fraction of sp³-hybridized carbons (Fsp3) is 0.750. The minimum absolute atomic E-state index is 0. The predicted octanol–water partition coefficient (Wildman–Crippen LogP) is 2.08. The molecule has 1 aromatic heterocycles. The first-order valence-electron chi connectivity index (χ1n) is 8.04. The maximum absolute atomic E-state index is 12.7. The Morgan fingerprint density at radius 2 is 2.14 bits per heavy atom. The number of fused-ring (bicyclic) bond motifs is 1. The monoisotopic (exact) mass is 326 g/mol. The van der Waals surface area contributed by atoms with Crippen molar-refractivity contribution in [3.05, 3.63) is 17.5 Å². The molecule has 1 aliphatic carbocycles. The van der Waals surface area contributed by atoms with Gasteiger partial charge in [0.05, 0.1) is 11.8 Å². The van der Waals surface area contributed by atoms with Gasteiger partial charge in [-0.1, -0.05) is 13.8 Å². The Morgan fingerprint density at radius 1 is 1.41 bits per heavy atom. The summed E-state index contributed by atoms with van der Waals surface area (Å²) in [4.78, 5) is 14.7. The van der Waals surface area contributed by atoms with Gasteiger partial charge >= 0.3 is 0 Å². The lowest BCUT2D eigenvalue weighted by Gasteiger charge is -2.18. The summed E-state index contributed by atoms with van der Waals surface area (Å²) in [7, 11) is 0. The van der Waals surface area contributed by atoms with E-state index in [1.165, 1.54) is 6.42 Å². The molecule has 3 atom stereocenters. The zero-order valence-electron chi connectivity index (χ0n) is 13.7. The second kappa shape index (κ2) is 6.59. The second-order valence-corrected chi connectivity index (χ2v) is 7.09. The Kier molecular flexibility index (Phi) is 5.17. The lowest BCUT2D eigenvalue weighted by molar-refractivity contribution is 0.0778. The van der Waals surface area contributed by atoms with Crippen LogP contribution in [0.15, 0.2) is 6.20 Å². The molecule has 3 unspecified atom stereocenters. The smallest absolute Gasteiger partial charge is 0.257 e. The van der Waals surface area contributed by atoms with Crippen LogP contribution in [0.2, 0.25) is 0 Å². The van der Waals surface area contributed by atoms with Crippen molar-refractivity contribution in [1.29, 1.82) is 0 Å². The summed E-state index contributed by atoms with van der Waals surface area (Å²) in [5.41, 5.74) is 7.89. The first kappa shape index (κ1) is 17.3. The summed E-state index contributed by atoms with van der Waals surface area (Å²) in [5, 5.41) is 4.38. The van der Waals surface area contributed by atoms with Gasteiger partial charge in [0.1, 0.15) is 0 Å². The molecule has 1 saturated carbocycles. The maximum Gasteiger partial charge on any atom is 0.257 e. The normalized spacial score (nSPS) is 27.1. The predicted molar refractivity (Wildman–Crippen MR) is 89.1 cm³/mol. The molecule has 0 radical (unpaired) electrons. The van der Waals surface area contributed by atoms with E-state index in [-0.39, 0.29) is 24.4 Å². The number of halogens is 1. The van der Waals surface area contributed by atoms with E-state index >= 15 is 0 Å². The van der Waals surface area contributed by atoms with Crippen molar-refractivity contribution < 1.29 is 4.79 Å². The topological polar surface area (TPSA) is 64.2 Å². The van der Waals surface area contributed by atoms with Crippen LogP contribution >= 0.6 is 12.4 Å². The van der Waals surface area contributed by atoms with Gasteiger partial charge in [-0.15, -0.1) is 12.4 Å². The van der Waals surface area contributed by atoms with Gasteiger partial charge in [0.25, 0.3) is 5.91 Å².